The third kappa shape index (κ3) is 2.88. The van der Waals surface area contributed by atoms with Gasteiger partial charge < -0.3 is 5.32 Å². The lowest BCUT2D eigenvalue weighted by atomic mass is 9.95. The van der Waals surface area contributed by atoms with Gasteiger partial charge in [-0.1, -0.05) is 52.3 Å². The Morgan fingerprint density at radius 3 is 2.50 bits per heavy atom. The number of rotatable bonds is 2. The van der Waals surface area contributed by atoms with E-state index >= 15 is 0 Å². The van der Waals surface area contributed by atoms with Gasteiger partial charge in [0, 0.05) is 16.4 Å². The number of carbonyl (C=O) groups excluding carboxylic acids is 1. The highest BCUT2D eigenvalue weighted by Crippen LogP contribution is 2.25. The topological polar surface area (TPSA) is 29.1 Å². The van der Waals surface area contributed by atoms with Crippen LogP contribution in [0.15, 0.2) is 42.5 Å². The molecule has 0 atom stereocenters. The molecule has 2 aromatic rings. The van der Waals surface area contributed by atoms with E-state index in [1.807, 2.05) is 42.5 Å². The second-order valence-corrected chi connectivity index (χ2v) is 6.74. The largest absolute Gasteiger partial charge is 0.349 e. The van der Waals surface area contributed by atoms with Crippen LogP contribution in [0.5, 0.6) is 0 Å². The summed E-state index contributed by atoms with van der Waals surface area (Å²) in [6.07, 6.45) is 4.40. The van der Waals surface area contributed by atoms with Gasteiger partial charge in [-0.25, -0.2) is 0 Å². The molecular weight excluding hydrogens is 314 g/mol. The van der Waals surface area contributed by atoms with E-state index in [-0.39, 0.29) is 5.91 Å². The predicted octanol–water partition coefficient (Wildman–Crippen LogP) is 4.28. The molecule has 104 valence electrons. The van der Waals surface area contributed by atoms with Crippen LogP contribution in [-0.2, 0) is 0 Å². The minimum atomic E-state index is 0.0554. The summed E-state index contributed by atoms with van der Waals surface area (Å²) in [6, 6.07) is 14.3. The Morgan fingerprint density at radius 2 is 1.70 bits per heavy atom. The summed E-state index contributed by atoms with van der Waals surface area (Å²) in [7, 11) is 0. The van der Waals surface area contributed by atoms with Gasteiger partial charge in [0.2, 0.25) is 0 Å². The molecule has 0 unspecified atom stereocenters. The highest BCUT2D eigenvalue weighted by Gasteiger charge is 2.21. The number of hydrogen-bond acceptors (Lipinski definition) is 1. The van der Waals surface area contributed by atoms with Gasteiger partial charge in [0.15, 0.2) is 0 Å². The quantitative estimate of drug-likeness (QED) is 0.818. The van der Waals surface area contributed by atoms with E-state index in [1.54, 1.807) is 0 Å². The van der Waals surface area contributed by atoms with E-state index in [2.05, 4.69) is 21.2 Å². The highest BCUT2D eigenvalue weighted by atomic mass is 79.9. The summed E-state index contributed by atoms with van der Waals surface area (Å²) in [5.74, 6) is 0.0554. The number of carbonyl (C=O) groups is 1. The monoisotopic (exact) mass is 331 g/mol. The van der Waals surface area contributed by atoms with E-state index in [4.69, 9.17) is 0 Å². The fourth-order valence-electron chi connectivity index (χ4n) is 2.88. The lowest BCUT2D eigenvalue weighted by Crippen LogP contribution is -2.37. The molecule has 20 heavy (non-hydrogen) atoms. The van der Waals surface area contributed by atoms with Crippen LogP contribution in [0.3, 0.4) is 0 Å². The molecule has 3 rings (SSSR count). The van der Waals surface area contributed by atoms with Crippen LogP contribution in [-0.4, -0.2) is 16.8 Å². The average Bonchev–Trinajstić information content (AvgIpc) is 2.49. The van der Waals surface area contributed by atoms with Gasteiger partial charge in [0.1, 0.15) is 0 Å². The first kappa shape index (κ1) is 13.6. The molecule has 3 heteroatoms. The van der Waals surface area contributed by atoms with Gasteiger partial charge in [-0.05, 0) is 42.5 Å². The summed E-state index contributed by atoms with van der Waals surface area (Å²) in [5.41, 5.74) is 0.782. The van der Waals surface area contributed by atoms with E-state index in [9.17, 15) is 4.79 Å². The summed E-state index contributed by atoms with van der Waals surface area (Å²) in [6.45, 7) is 0. The van der Waals surface area contributed by atoms with Crippen molar-refractivity contribution in [3.63, 3.8) is 0 Å². The molecule has 2 nitrogen and oxygen atoms in total. The zero-order valence-electron chi connectivity index (χ0n) is 11.3. The van der Waals surface area contributed by atoms with E-state index in [1.165, 1.54) is 0 Å². The van der Waals surface area contributed by atoms with E-state index < -0.39 is 0 Å². The maximum Gasteiger partial charge on any atom is 0.252 e. The van der Waals surface area contributed by atoms with Crippen LogP contribution in [0.25, 0.3) is 10.8 Å². The molecule has 0 bridgehead atoms. The minimum Gasteiger partial charge on any atom is -0.349 e. The molecule has 0 aromatic heterocycles. The first-order valence-electron chi connectivity index (χ1n) is 7.17. The number of hydrogen-bond donors (Lipinski definition) is 1. The third-order valence-corrected chi connectivity index (χ3v) is 4.94. The molecule has 1 aliphatic rings. The van der Waals surface area contributed by atoms with Gasteiger partial charge in [0.05, 0.1) is 0 Å². The van der Waals surface area contributed by atoms with Crippen molar-refractivity contribution in [2.45, 2.75) is 36.6 Å². The Labute approximate surface area is 127 Å². The minimum absolute atomic E-state index is 0.0554. The fourth-order valence-corrected chi connectivity index (χ4v) is 3.41. The number of nitrogens with one attached hydrogen (secondary N) is 1. The van der Waals surface area contributed by atoms with Crippen molar-refractivity contribution >= 4 is 32.6 Å². The molecule has 1 aliphatic carbocycles. The highest BCUT2D eigenvalue weighted by molar-refractivity contribution is 9.09. The van der Waals surface area contributed by atoms with Crippen LogP contribution in [0.2, 0.25) is 0 Å². The van der Waals surface area contributed by atoms with Gasteiger partial charge in [-0.3, -0.25) is 4.79 Å². The second kappa shape index (κ2) is 5.96. The Bertz CT molecular complexity index is 612. The molecular formula is C17H18BrNO. The van der Waals surface area contributed by atoms with Gasteiger partial charge in [-0.2, -0.15) is 0 Å². The van der Waals surface area contributed by atoms with Crippen molar-refractivity contribution in [2.24, 2.45) is 0 Å². The fraction of sp³-hybridized carbons (Fsp3) is 0.353. The molecule has 1 N–H and O–H groups in total. The summed E-state index contributed by atoms with van der Waals surface area (Å²) < 4.78 is 0. The molecule has 0 spiro atoms. The van der Waals surface area contributed by atoms with Crippen LogP contribution in [0.1, 0.15) is 36.0 Å². The molecule has 2 aromatic carbocycles. The Hall–Kier alpha value is -1.35. The average molecular weight is 332 g/mol. The van der Waals surface area contributed by atoms with Crippen LogP contribution in [0, 0.1) is 0 Å². The van der Waals surface area contributed by atoms with E-state index in [0.29, 0.717) is 10.9 Å². The molecule has 0 radical (unpaired) electrons. The second-order valence-electron chi connectivity index (χ2n) is 5.45. The van der Waals surface area contributed by atoms with Crippen molar-refractivity contribution in [3.8, 4) is 0 Å². The molecule has 1 saturated carbocycles. The Morgan fingerprint density at radius 1 is 1.00 bits per heavy atom. The zero-order valence-corrected chi connectivity index (χ0v) is 12.9. The van der Waals surface area contributed by atoms with Crippen LogP contribution >= 0.6 is 15.9 Å². The predicted molar refractivity (Wildman–Crippen MR) is 86.4 cm³/mol. The maximum atomic E-state index is 12.5. The van der Waals surface area contributed by atoms with Crippen molar-refractivity contribution < 1.29 is 4.79 Å². The van der Waals surface area contributed by atoms with Crippen molar-refractivity contribution in [3.05, 3.63) is 48.0 Å². The van der Waals surface area contributed by atoms with Crippen molar-refractivity contribution in [2.75, 3.05) is 0 Å². The Balaban J connectivity index is 1.79. The van der Waals surface area contributed by atoms with Crippen molar-refractivity contribution in [1.29, 1.82) is 0 Å². The van der Waals surface area contributed by atoms with Crippen LogP contribution < -0.4 is 5.32 Å². The number of amides is 1. The summed E-state index contributed by atoms with van der Waals surface area (Å²) in [5, 5.41) is 5.33. The first-order chi connectivity index (χ1) is 9.74. The lowest BCUT2D eigenvalue weighted by molar-refractivity contribution is 0.0930. The smallest absolute Gasteiger partial charge is 0.252 e. The molecule has 0 heterocycles. The zero-order chi connectivity index (χ0) is 13.9. The summed E-state index contributed by atoms with van der Waals surface area (Å²) in [4.78, 5) is 13.1. The standard InChI is InChI=1S/C17H18BrNO/c18-13-8-10-14(11-9-13)19-17(20)16-7-3-5-12-4-1-2-6-15(12)16/h1-7,13-14H,8-11H2,(H,19,20). The molecule has 0 saturated heterocycles. The maximum absolute atomic E-state index is 12.5. The number of benzene rings is 2. The molecule has 1 fully saturated rings. The van der Waals surface area contributed by atoms with Crippen LogP contribution in [0.4, 0.5) is 0 Å². The number of alkyl halides is 1. The van der Waals surface area contributed by atoms with Gasteiger partial charge in [0.25, 0.3) is 5.91 Å². The molecule has 0 aliphatic heterocycles. The number of fused-ring (bicyclic) bond motifs is 1. The third-order valence-electron chi connectivity index (χ3n) is 4.03. The summed E-state index contributed by atoms with van der Waals surface area (Å²) >= 11 is 3.65. The number of halogens is 1. The normalized spacial score (nSPS) is 22.6. The lowest BCUT2D eigenvalue weighted by Gasteiger charge is -2.26. The van der Waals surface area contributed by atoms with Gasteiger partial charge >= 0.3 is 0 Å². The molecule has 1 amide bonds. The first-order valence-corrected chi connectivity index (χ1v) is 8.08. The SMILES string of the molecule is O=C(NC1CCC(Br)CC1)c1cccc2ccccc12. The van der Waals surface area contributed by atoms with Crippen molar-refractivity contribution in [1.82, 2.24) is 5.32 Å². The van der Waals surface area contributed by atoms with Gasteiger partial charge in [-0.15, -0.1) is 0 Å². The van der Waals surface area contributed by atoms with E-state index in [0.717, 1.165) is 42.0 Å². The Kier molecular flexibility index (Phi) is 4.06.